The molecule has 0 spiro atoms. The van der Waals surface area contributed by atoms with Gasteiger partial charge < -0.3 is 0 Å². The van der Waals surface area contributed by atoms with Crippen LogP contribution in [0.15, 0.2) is 11.6 Å². The number of hydrogen-bond donors (Lipinski definition) is 0. The largest absolute Gasteiger partial charge is 0.0850 e. The third-order valence-electron chi connectivity index (χ3n) is 2.09. The standard InChI is InChI=1S/C9H15/c1-3-8(2)9-6-4-5-7-9/h6,8H,2-5,7H2,1H3. The minimum Gasteiger partial charge on any atom is -0.0850 e. The third-order valence-corrected chi connectivity index (χ3v) is 2.09. The Hall–Kier alpha value is -0.260. The van der Waals surface area contributed by atoms with E-state index in [9.17, 15) is 0 Å². The van der Waals surface area contributed by atoms with E-state index in [0.29, 0.717) is 5.92 Å². The van der Waals surface area contributed by atoms with Gasteiger partial charge in [-0.3, -0.25) is 0 Å². The first-order valence-electron chi connectivity index (χ1n) is 3.86. The highest BCUT2D eigenvalue weighted by molar-refractivity contribution is 5.12. The lowest BCUT2D eigenvalue weighted by Gasteiger charge is -2.07. The molecule has 1 rings (SSSR count). The van der Waals surface area contributed by atoms with Crippen molar-refractivity contribution in [2.75, 3.05) is 0 Å². The summed E-state index contributed by atoms with van der Waals surface area (Å²) in [7, 11) is 0. The lowest BCUT2D eigenvalue weighted by Crippen LogP contribution is -1.94. The Morgan fingerprint density at radius 1 is 1.78 bits per heavy atom. The van der Waals surface area contributed by atoms with Crippen LogP contribution in [-0.4, -0.2) is 0 Å². The molecule has 0 N–H and O–H groups in total. The molecule has 1 radical (unpaired) electrons. The van der Waals surface area contributed by atoms with E-state index in [0.717, 1.165) is 0 Å². The van der Waals surface area contributed by atoms with Crippen LogP contribution >= 0.6 is 0 Å². The molecule has 0 heteroatoms. The smallest absolute Gasteiger partial charge is 0.0206 e. The molecule has 0 bridgehead atoms. The Labute approximate surface area is 58.0 Å². The molecule has 0 saturated heterocycles. The van der Waals surface area contributed by atoms with Crippen molar-refractivity contribution in [2.45, 2.75) is 32.6 Å². The second-order valence-corrected chi connectivity index (χ2v) is 2.78. The van der Waals surface area contributed by atoms with Crippen molar-refractivity contribution in [3.63, 3.8) is 0 Å². The second-order valence-electron chi connectivity index (χ2n) is 2.78. The first-order valence-corrected chi connectivity index (χ1v) is 3.86. The van der Waals surface area contributed by atoms with Gasteiger partial charge in [0, 0.05) is 0 Å². The Morgan fingerprint density at radius 2 is 2.56 bits per heavy atom. The van der Waals surface area contributed by atoms with Gasteiger partial charge in [-0.1, -0.05) is 18.6 Å². The highest BCUT2D eigenvalue weighted by atomic mass is 14.1. The van der Waals surface area contributed by atoms with Crippen LogP contribution in [-0.2, 0) is 0 Å². The van der Waals surface area contributed by atoms with E-state index in [1.54, 1.807) is 5.57 Å². The zero-order chi connectivity index (χ0) is 6.69. The second kappa shape index (κ2) is 3.05. The lowest BCUT2D eigenvalue weighted by atomic mass is 9.98. The summed E-state index contributed by atoms with van der Waals surface area (Å²) < 4.78 is 0. The van der Waals surface area contributed by atoms with Crippen molar-refractivity contribution in [3.8, 4) is 0 Å². The highest BCUT2D eigenvalue weighted by Crippen LogP contribution is 2.25. The molecule has 0 aromatic rings. The van der Waals surface area contributed by atoms with E-state index in [-0.39, 0.29) is 0 Å². The van der Waals surface area contributed by atoms with Crippen LogP contribution < -0.4 is 0 Å². The van der Waals surface area contributed by atoms with Crippen molar-refractivity contribution >= 4 is 0 Å². The summed E-state index contributed by atoms with van der Waals surface area (Å²) in [6.45, 7) is 6.28. The minimum atomic E-state index is 0.604. The summed E-state index contributed by atoms with van der Waals surface area (Å²) in [5.74, 6) is 0.604. The molecule has 0 fully saturated rings. The van der Waals surface area contributed by atoms with Crippen LogP contribution in [0.3, 0.4) is 0 Å². The predicted octanol–water partition coefficient (Wildman–Crippen LogP) is 2.96. The molecule has 0 aromatic heterocycles. The van der Waals surface area contributed by atoms with Gasteiger partial charge in [0.1, 0.15) is 0 Å². The molecule has 1 aliphatic carbocycles. The molecule has 1 atom stereocenters. The molecule has 1 unspecified atom stereocenters. The zero-order valence-corrected chi connectivity index (χ0v) is 6.19. The monoisotopic (exact) mass is 123 g/mol. The zero-order valence-electron chi connectivity index (χ0n) is 6.19. The van der Waals surface area contributed by atoms with Crippen molar-refractivity contribution in [2.24, 2.45) is 5.92 Å². The van der Waals surface area contributed by atoms with Crippen LogP contribution in [0.5, 0.6) is 0 Å². The first-order chi connectivity index (χ1) is 4.34. The molecule has 0 saturated carbocycles. The average Bonchev–Trinajstić information content (AvgIpc) is 2.37. The van der Waals surface area contributed by atoms with E-state index in [1.165, 1.54) is 25.7 Å². The molecule has 0 amide bonds. The Bertz CT molecular complexity index is 111. The molecule has 1 aliphatic rings. The maximum absolute atomic E-state index is 4.07. The number of rotatable bonds is 2. The maximum Gasteiger partial charge on any atom is -0.0206 e. The topological polar surface area (TPSA) is 0 Å². The minimum absolute atomic E-state index is 0.604. The van der Waals surface area contributed by atoms with Gasteiger partial charge in [0.05, 0.1) is 0 Å². The number of hydrogen-bond acceptors (Lipinski definition) is 0. The van der Waals surface area contributed by atoms with Gasteiger partial charge in [-0.15, -0.1) is 0 Å². The van der Waals surface area contributed by atoms with Crippen LogP contribution in [0.1, 0.15) is 32.6 Å². The summed E-state index contributed by atoms with van der Waals surface area (Å²) in [5.41, 5.74) is 1.59. The van der Waals surface area contributed by atoms with E-state index >= 15 is 0 Å². The molecule has 0 aliphatic heterocycles. The lowest BCUT2D eigenvalue weighted by molar-refractivity contribution is 0.692. The van der Waals surface area contributed by atoms with Crippen molar-refractivity contribution < 1.29 is 0 Å². The Balaban J connectivity index is 2.40. The number of allylic oxidation sites excluding steroid dienone is 2. The molecule has 0 aromatic carbocycles. The fourth-order valence-electron chi connectivity index (χ4n) is 1.33. The fraction of sp³-hybridized carbons (Fsp3) is 0.667. The van der Waals surface area contributed by atoms with Gasteiger partial charge in [-0.05, 0) is 38.5 Å². The highest BCUT2D eigenvalue weighted by Gasteiger charge is 2.09. The normalized spacial score (nSPS) is 21.8. The molecule has 9 heavy (non-hydrogen) atoms. The fourth-order valence-corrected chi connectivity index (χ4v) is 1.33. The van der Waals surface area contributed by atoms with Gasteiger partial charge in [-0.25, -0.2) is 0 Å². The SMILES string of the molecule is [CH2]C(CC)C1=CCCC1. The molecule has 0 heterocycles. The first kappa shape index (κ1) is 6.85. The molecule has 51 valence electrons. The van der Waals surface area contributed by atoms with Gasteiger partial charge in [0.25, 0.3) is 0 Å². The van der Waals surface area contributed by atoms with Crippen molar-refractivity contribution in [1.29, 1.82) is 0 Å². The van der Waals surface area contributed by atoms with Crippen LogP contribution in [0, 0.1) is 12.8 Å². The Morgan fingerprint density at radius 3 is 3.00 bits per heavy atom. The maximum atomic E-state index is 4.07. The summed E-state index contributed by atoms with van der Waals surface area (Å²) in [4.78, 5) is 0. The van der Waals surface area contributed by atoms with E-state index < -0.39 is 0 Å². The summed E-state index contributed by atoms with van der Waals surface area (Å²) in [6.07, 6.45) is 7.53. The summed E-state index contributed by atoms with van der Waals surface area (Å²) in [5, 5.41) is 0. The Kier molecular flexibility index (Phi) is 2.32. The third kappa shape index (κ3) is 1.57. The van der Waals surface area contributed by atoms with Gasteiger partial charge in [0.15, 0.2) is 0 Å². The molecule has 0 nitrogen and oxygen atoms in total. The predicted molar refractivity (Wildman–Crippen MR) is 41.1 cm³/mol. The van der Waals surface area contributed by atoms with Gasteiger partial charge in [-0.2, -0.15) is 0 Å². The van der Waals surface area contributed by atoms with Crippen LogP contribution in [0.25, 0.3) is 0 Å². The molecular formula is C9H15. The van der Waals surface area contributed by atoms with Crippen molar-refractivity contribution in [1.82, 2.24) is 0 Å². The van der Waals surface area contributed by atoms with E-state index in [1.807, 2.05) is 0 Å². The average molecular weight is 123 g/mol. The van der Waals surface area contributed by atoms with Crippen molar-refractivity contribution in [3.05, 3.63) is 18.6 Å². The quantitative estimate of drug-likeness (QED) is 0.495. The molecular weight excluding hydrogens is 108 g/mol. The van der Waals surface area contributed by atoms with E-state index in [4.69, 9.17) is 0 Å². The van der Waals surface area contributed by atoms with Crippen LogP contribution in [0.4, 0.5) is 0 Å². The van der Waals surface area contributed by atoms with Gasteiger partial charge in [0.2, 0.25) is 0 Å². The summed E-state index contributed by atoms with van der Waals surface area (Å²) in [6, 6.07) is 0. The van der Waals surface area contributed by atoms with Gasteiger partial charge >= 0.3 is 0 Å². The van der Waals surface area contributed by atoms with Crippen LogP contribution in [0.2, 0.25) is 0 Å². The summed E-state index contributed by atoms with van der Waals surface area (Å²) >= 11 is 0. The van der Waals surface area contributed by atoms with E-state index in [2.05, 4.69) is 19.9 Å².